The topological polar surface area (TPSA) is 95.5 Å². The Morgan fingerprint density at radius 1 is 1.26 bits per heavy atom. The molecule has 0 saturated carbocycles. The van der Waals surface area contributed by atoms with E-state index in [1.54, 1.807) is 6.92 Å². The summed E-state index contributed by atoms with van der Waals surface area (Å²) in [5, 5.41) is 15.0. The van der Waals surface area contributed by atoms with Crippen LogP contribution in [0.15, 0.2) is 0 Å². The SMILES string of the molecule is CCCC(=O)Nc1sc2c(c1C(=O)NC(CC)C(=O)O)CCC2. The normalized spacial score (nSPS) is 14.2. The summed E-state index contributed by atoms with van der Waals surface area (Å²) in [5.41, 5.74) is 1.41. The molecule has 1 aromatic heterocycles. The average molecular weight is 338 g/mol. The van der Waals surface area contributed by atoms with Crippen LogP contribution in [0.25, 0.3) is 0 Å². The highest BCUT2D eigenvalue weighted by atomic mass is 32.1. The Morgan fingerprint density at radius 2 is 2.00 bits per heavy atom. The summed E-state index contributed by atoms with van der Waals surface area (Å²) in [5.74, 6) is -1.58. The lowest BCUT2D eigenvalue weighted by molar-refractivity contribution is -0.139. The van der Waals surface area contributed by atoms with Gasteiger partial charge >= 0.3 is 5.97 Å². The van der Waals surface area contributed by atoms with Crippen LogP contribution in [0.3, 0.4) is 0 Å². The van der Waals surface area contributed by atoms with Crippen molar-refractivity contribution >= 4 is 34.1 Å². The third-order valence-corrected chi connectivity index (χ3v) is 5.10. The van der Waals surface area contributed by atoms with E-state index in [1.807, 2.05) is 6.92 Å². The zero-order valence-electron chi connectivity index (χ0n) is 13.4. The van der Waals surface area contributed by atoms with E-state index in [4.69, 9.17) is 5.11 Å². The second-order valence-electron chi connectivity index (χ2n) is 5.63. The van der Waals surface area contributed by atoms with Gasteiger partial charge in [0.05, 0.1) is 5.56 Å². The van der Waals surface area contributed by atoms with Crippen molar-refractivity contribution in [3.05, 3.63) is 16.0 Å². The number of nitrogens with one attached hydrogen (secondary N) is 2. The molecule has 0 fully saturated rings. The Labute approximate surface area is 139 Å². The lowest BCUT2D eigenvalue weighted by Gasteiger charge is -2.14. The van der Waals surface area contributed by atoms with E-state index in [2.05, 4.69) is 10.6 Å². The molecular formula is C16H22N2O4S. The molecule has 7 heteroatoms. The maximum absolute atomic E-state index is 12.6. The summed E-state index contributed by atoms with van der Waals surface area (Å²) >= 11 is 1.43. The number of aliphatic carboxylic acids is 1. The van der Waals surface area contributed by atoms with Crippen LogP contribution >= 0.6 is 11.3 Å². The fraction of sp³-hybridized carbons (Fsp3) is 0.562. The van der Waals surface area contributed by atoms with Crippen molar-refractivity contribution in [1.82, 2.24) is 5.32 Å². The molecule has 3 N–H and O–H groups in total. The van der Waals surface area contributed by atoms with Crippen LogP contribution in [0.2, 0.25) is 0 Å². The third kappa shape index (κ3) is 3.90. The molecule has 1 unspecified atom stereocenters. The molecule has 0 saturated heterocycles. The number of amides is 2. The van der Waals surface area contributed by atoms with Gasteiger partial charge in [0, 0.05) is 11.3 Å². The van der Waals surface area contributed by atoms with Crippen molar-refractivity contribution in [2.45, 2.75) is 58.4 Å². The van der Waals surface area contributed by atoms with Gasteiger partial charge < -0.3 is 15.7 Å². The van der Waals surface area contributed by atoms with Gasteiger partial charge in [0.25, 0.3) is 5.91 Å². The van der Waals surface area contributed by atoms with E-state index in [1.165, 1.54) is 11.3 Å². The number of carboxylic acid groups (broad SMARTS) is 1. The Balaban J connectivity index is 2.26. The molecule has 0 aromatic carbocycles. The molecule has 1 aliphatic carbocycles. The van der Waals surface area contributed by atoms with Crippen LogP contribution in [0, 0.1) is 0 Å². The number of rotatable bonds is 7. The minimum atomic E-state index is -1.05. The maximum Gasteiger partial charge on any atom is 0.326 e. The molecule has 0 bridgehead atoms. The highest BCUT2D eigenvalue weighted by Gasteiger charge is 2.29. The highest BCUT2D eigenvalue weighted by molar-refractivity contribution is 7.17. The van der Waals surface area contributed by atoms with Gasteiger partial charge in [0.15, 0.2) is 0 Å². The van der Waals surface area contributed by atoms with Crippen LogP contribution in [-0.2, 0) is 22.4 Å². The van der Waals surface area contributed by atoms with Crippen LogP contribution < -0.4 is 10.6 Å². The molecule has 1 atom stereocenters. The summed E-state index contributed by atoms with van der Waals surface area (Å²) in [6.07, 6.45) is 4.12. The Bertz CT molecular complexity index is 624. The number of carboxylic acids is 1. The number of hydrogen-bond donors (Lipinski definition) is 3. The molecule has 1 heterocycles. The first-order chi connectivity index (χ1) is 11.0. The van der Waals surface area contributed by atoms with Gasteiger partial charge in [-0.25, -0.2) is 4.79 Å². The number of carbonyl (C=O) groups is 3. The van der Waals surface area contributed by atoms with Gasteiger partial charge in [-0.15, -0.1) is 11.3 Å². The molecule has 126 valence electrons. The van der Waals surface area contributed by atoms with Gasteiger partial charge in [-0.3, -0.25) is 9.59 Å². The first-order valence-electron chi connectivity index (χ1n) is 7.95. The zero-order valence-corrected chi connectivity index (χ0v) is 14.2. The predicted octanol–water partition coefficient (Wildman–Crippen LogP) is 2.57. The lowest BCUT2D eigenvalue weighted by Crippen LogP contribution is -2.40. The number of carbonyl (C=O) groups excluding carboxylic acids is 2. The predicted molar refractivity (Wildman–Crippen MR) is 89.1 cm³/mol. The summed E-state index contributed by atoms with van der Waals surface area (Å²) in [7, 11) is 0. The molecule has 23 heavy (non-hydrogen) atoms. The van der Waals surface area contributed by atoms with Crippen molar-refractivity contribution in [3.63, 3.8) is 0 Å². The summed E-state index contributed by atoms with van der Waals surface area (Å²) in [6, 6.07) is -0.918. The van der Waals surface area contributed by atoms with Crippen molar-refractivity contribution in [2.75, 3.05) is 5.32 Å². The highest BCUT2D eigenvalue weighted by Crippen LogP contribution is 2.39. The third-order valence-electron chi connectivity index (χ3n) is 3.89. The lowest BCUT2D eigenvalue weighted by atomic mass is 10.1. The molecule has 0 spiro atoms. The van der Waals surface area contributed by atoms with Gasteiger partial charge in [-0.05, 0) is 37.7 Å². The summed E-state index contributed by atoms with van der Waals surface area (Å²) in [6.45, 7) is 3.63. The second kappa shape index (κ2) is 7.59. The number of hydrogen-bond acceptors (Lipinski definition) is 4. The molecule has 2 rings (SSSR count). The molecular weight excluding hydrogens is 316 g/mol. The van der Waals surface area contributed by atoms with Crippen molar-refractivity contribution in [1.29, 1.82) is 0 Å². The number of fused-ring (bicyclic) bond motifs is 1. The first kappa shape index (κ1) is 17.5. The standard InChI is InChI=1S/C16H22N2O4S/c1-3-6-12(19)18-15-13(9-7-5-8-11(9)23-15)14(20)17-10(4-2)16(21)22/h10H,3-8H2,1-2H3,(H,17,20)(H,18,19)(H,21,22). The van der Waals surface area contributed by atoms with Gasteiger partial charge in [-0.1, -0.05) is 13.8 Å². The molecule has 1 aliphatic rings. The quantitative estimate of drug-likeness (QED) is 0.712. The minimum Gasteiger partial charge on any atom is -0.480 e. The average Bonchev–Trinajstić information content (AvgIpc) is 3.04. The first-order valence-corrected chi connectivity index (χ1v) is 8.77. The van der Waals surface area contributed by atoms with E-state index in [0.717, 1.165) is 36.1 Å². The monoisotopic (exact) mass is 338 g/mol. The maximum atomic E-state index is 12.6. The smallest absolute Gasteiger partial charge is 0.326 e. The fourth-order valence-corrected chi connectivity index (χ4v) is 4.02. The van der Waals surface area contributed by atoms with Crippen molar-refractivity contribution < 1.29 is 19.5 Å². The van der Waals surface area contributed by atoms with E-state index in [9.17, 15) is 14.4 Å². The Kier molecular flexibility index (Phi) is 5.76. The summed E-state index contributed by atoms with van der Waals surface area (Å²) < 4.78 is 0. The largest absolute Gasteiger partial charge is 0.480 e. The van der Waals surface area contributed by atoms with Crippen LogP contribution in [0.4, 0.5) is 5.00 Å². The minimum absolute atomic E-state index is 0.119. The summed E-state index contributed by atoms with van der Waals surface area (Å²) in [4.78, 5) is 36.7. The van der Waals surface area contributed by atoms with Crippen molar-refractivity contribution in [2.24, 2.45) is 0 Å². The Hall–Kier alpha value is -1.89. The van der Waals surface area contributed by atoms with Crippen molar-refractivity contribution in [3.8, 4) is 0 Å². The molecule has 0 aliphatic heterocycles. The fourth-order valence-electron chi connectivity index (χ4n) is 2.72. The van der Waals surface area contributed by atoms with E-state index < -0.39 is 17.9 Å². The number of thiophene rings is 1. The Morgan fingerprint density at radius 3 is 2.61 bits per heavy atom. The molecule has 0 radical (unpaired) electrons. The van der Waals surface area contributed by atoms with Gasteiger partial charge in [0.2, 0.25) is 5.91 Å². The van der Waals surface area contributed by atoms with Crippen LogP contribution in [0.5, 0.6) is 0 Å². The van der Waals surface area contributed by atoms with E-state index in [-0.39, 0.29) is 5.91 Å². The van der Waals surface area contributed by atoms with Gasteiger partial charge in [-0.2, -0.15) is 0 Å². The van der Waals surface area contributed by atoms with E-state index in [0.29, 0.717) is 23.4 Å². The van der Waals surface area contributed by atoms with Crippen LogP contribution in [0.1, 0.15) is 60.3 Å². The molecule has 6 nitrogen and oxygen atoms in total. The van der Waals surface area contributed by atoms with Crippen LogP contribution in [-0.4, -0.2) is 28.9 Å². The molecule has 1 aromatic rings. The number of aryl methyl sites for hydroxylation is 1. The zero-order chi connectivity index (χ0) is 17.0. The van der Waals surface area contributed by atoms with E-state index >= 15 is 0 Å². The number of anilines is 1. The second-order valence-corrected chi connectivity index (χ2v) is 6.74. The molecule has 2 amide bonds. The van der Waals surface area contributed by atoms with Gasteiger partial charge in [0.1, 0.15) is 11.0 Å².